The first kappa shape index (κ1) is 16.4. The first-order chi connectivity index (χ1) is 10.3. The van der Waals surface area contributed by atoms with E-state index < -0.39 is 28.4 Å². The molecule has 0 aliphatic carbocycles. The van der Waals surface area contributed by atoms with Gasteiger partial charge in [-0.05, 0) is 37.1 Å². The van der Waals surface area contributed by atoms with E-state index in [2.05, 4.69) is 0 Å². The highest BCUT2D eigenvalue weighted by atomic mass is 32.2. The molecule has 1 heterocycles. The molecule has 1 aliphatic heterocycles. The van der Waals surface area contributed by atoms with Crippen molar-refractivity contribution < 1.29 is 23.1 Å². The number of carboxylic acids is 1. The van der Waals surface area contributed by atoms with Crippen LogP contribution in [0.3, 0.4) is 0 Å². The summed E-state index contributed by atoms with van der Waals surface area (Å²) < 4.78 is 26.1. The van der Waals surface area contributed by atoms with Gasteiger partial charge >= 0.3 is 5.97 Å². The lowest BCUT2D eigenvalue weighted by molar-refractivity contribution is -0.137. The summed E-state index contributed by atoms with van der Waals surface area (Å²) >= 11 is 0. The Kier molecular flexibility index (Phi) is 4.82. The Balaban J connectivity index is 2.16. The number of rotatable bonds is 5. The number of carbonyl (C=O) groups is 2. The molecule has 0 unspecified atom stereocenters. The highest BCUT2D eigenvalue weighted by molar-refractivity contribution is 7.89. The lowest BCUT2D eigenvalue weighted by Crippen LogP contribution is -2.32. The smallest absolute Gasteiger partial charge is 0.323 e. The Bertz CT molecular complexity index is 663. The Hall–Kier alpha value is -1.93. The molecule has 0 aromatic heterocycles. The largest absolute Gasteiger partial charge is 0.480 e. The summed E-state index contributed by atoms with van der Waals surface area (Å²) in [5.41, 5.74) is 0.254. The van der Waals surface area contributed by atoms with Gasteiger partial charge in [-0.1, -0.05) is 0 Å². The predicted molar refractivity (Wildman–Crippen MR) is 79.0 cm³/mol. The minimum absolute atomic E-state index is 0.145. The van der Waals surface area contributed by atoms with Crippen LogP contribution in [0.2, 0.25) is 0 Å². The van der Waals surface area contributed by atoms with Crippen molar-refractivity contribution in [2.45, 2.75) is 17.7 Å². The van der Waals surface area contributed by atoms with E-state index in [1.165, 1.54) is 35.6 Å². The molecule has 120 valence electrons. The van der Waals surface area contributed by atoms with E-state index in [1.54, 1.807) is 0 Å². The third kappa shape index (κ3) is 3.45. The van der Waals surface area contributed by atoms with Crippen LogP contribution in [0.15, 0.2) is 29.2 Å². The van der Waals surface area contributed by atoms with Gasteiger partial charge in [0.05, 0.1) is 4.90 Å². The van der Waals surface area contributed by atoms with E-state index >= 15 is 0 Å². The van der Waals surface area contributed by atoms with Gasteiger partial charge in [0, 0.05) is 25.7 Å². The number of nitrogens with zero attached hydrogens (tertiary/aromatic N) is 2. The van der Waals surface area contributed by atoms with Crippen LogP contribution in [0.4, 0.5) is 0 Å². The highest BCUT2D eigenvalue weighted by Crippen LogP contribution is 2.21. The summed E-state index contributed by atoms with van der Waals surface area (Å²) in [5.74, 6) is -1.57. The molecule has 1 aromatic carbocycles. The first-order valence-corrected chi connectivity index (χ1v) is 8.34. The van der Waals surface area contributed by atoms with Gasteiger partial charge in [0.15, 0.2) is 0 Å². The van der Waals surface area contributed by atoms with Gasteiger partial charge in [-0.2, -0.15) is 4.31 Å². The van der Waals surface area contributed by atoms with Gasteiger partial charge in [0.1, 0.15) is 6.54 Å². The quantitative estimate of drug-likeness (QED) is 0.856. The molecule has 1 aliphatic rings. The minimum Gasteiger partial charge on any atom is -0.480 e. The molecule has 0 spiro atoms. The van der Waals surface area contributed by atoms with Crippen molar-refractivity contribution in [3.63, 3.8) is 0 Å². The molecule has 0 bridgehead atoms. The van der Waals surface area contributed by atoms with E-state index in [4.69, 9.17) is 5.11 Å². The second-order valence-electron chi connectivity index (χ2n) is 5.19. The Morgan fingerprint density at radius 2 is 1.73 bits per heavy atom. The minimum atomic E-state index is -3.51. The van der Waals surface area contributed by atoms with Crippen molar-refractivity contribution in [1.29, 1.82) is 0 Å². The molecule has 1 saturated heterocycles. The maximum atomic E-state index is 12.3. The number of carboxylic acid groups (broad SMARTS) is 1. The van der Waals surface area contributed by atoms with Gasteiger partial charge in [-0.15, -0.1) is 0 Å². The number of likely N-dealkylation sites (N-methyl/N-ethyl adjacent to an activating group) is 1. The molecule has 0 radical (unpaired) electrons. The normalized spacial score (nSPS) is 15.7. The molecule has 1 aromatic rings. The lowest BCUT2D eigenvalue weighted by atomic mass is 10.2. The second kappa shape index (κ2) is 6.45. The molecule has 7 nitrogen and oxygen atoms in total. The van der Waals surface area contributed by atoms with Crippen molar-refractivity contribution in [2.75, 3.05) is 26.7 Å². The maximum absolute atomic E-state index is 12.3. The second-order valence-corrected chi connectivity index (χ2v) is 7.13. The van der Waals surface area contributed by atoms with Crippen LogP contribution in [0.5, 0.6) is 0 Å². The highest BCUT2D eigenvalue weighted by Gasteiger charge is 2.27. The van der Waals surface area contributed by atoms with Crippen LogP contribution in [0, 0.1) is 0 Å². The van der Waals surface area contributed by atoms with Crippen LogP contribution in [0.1, 0.15) is 23.2 Å². The van der Waals surface area contributed by atoms with Crippen molar-refractivity contribution in [1.82, 2.24) is 9.21 Å². The van der Waals surface area contributed by atoms with Crippen LogP contribution in [-0.2, 0) is 14.8 Å². The molecule has 2 rings (SSSR count). The van der Waals surface area contributed by atoms with Crippen LogP contribution < -0.4 is 0 Å². The summed E-state index contributed by atoms with van der Waals surface area (Å²) in [6, 6.07) is 5.58. The molecule has 1 N–H and O–H groups in total. The summed E-state index contributed by atoms with van der Waals surface area (Å²) in [6.07, 6.45) is 1.71. The van der Waals surface area contributed by atoms with Crippen molar-refractivity contribution in [2.24, 2.45) is 0 Å². The summed E-state index contributed by atoms with van der Waals surface area (Å²) in [4.78, 5) is 23.8. The molecule has 22 heavy (non-hydrogen) atoms. The van der Waals surface area contributed by atoms with E-state index in [-0.39, 0.29) is 10.5 Å². The molecule has 1 amide bonds. The van der Waals surface area contributed by atoms with Gasteiger partial charge < -0.3 is 10.0 Å². The SMILES string of the molecule is CN(CC(=O)O)C(=O)c1ccc(S(=O)(=O)N2CCCC2)cc1. The first-order valence-electron chi connectivity index (χ1n) is 6.90. The number of carbonyl (C=O) groups excluding carboxylic acids is 1. The van der Waals surface area contributed by atoms with Crippen LogP contribution in [-0.4, -0.2) is 61.3 Å². The number of amides is 1. The molecule has 1 fully saturated rings. The fourth-order valence-electron chi connectivity index (χ4n) is 2.34. The van der Waals surface area contributed by atoms with Gasteiger partial charge in [0.25, 0.3) is 5.91 Å². The van der Waals surface area contributed by atoms with E-state index in [1.807, 2.05) is 0 Å². The predicted octanol–water partition coefficient (Wildman–Crippen LogP) is 0.628. The van der Waals surface area contributed by atoms with E-state index in [0.29, 0.717) is 13.1 Å². The standard InChI is InChI=1S/C14H18N2O5S/c1-15(10-13(17)18)14(19)11-4-6-12(7-5-11)22(20,21)16-8-2-3-9-16/h4-7H,2-3,8-10H2,1H3,(H,17,18). The fourth-order valence-corrected chi connectivity index (χ4v) is 3.86. The zero-order valence-corrected chi connectivity index (χ0v) is 13.0. The van der Waals surface area contributed by atoms with E-state index in [0.717, 1.165) is 17.7 Å². The summed E-state index contributed by atoms with van der Waals surface area (Å²) in [7, 11) is -2.13. The van der Waals surface area contributed by atoms with Crippen LogP contribution >= 0.6 is 0 Å². The fraction of sp³-hybridized carbons (Fsp3) is 0.429. The third-order valence-electron chi connectivity index (χ3n) is 3.52. The lowest BCUT2D eigenvalue weighted by Gasteiger charge is -2.17. The van der Waals surface area contributed by atoms with Gasteiger partial charge in [-0.3, -0.25) is 9.59 Å². The topological polar surface area (TPSA) is 95.0 Å². The Morgan fingerprint density at radius 3 is 2.23 bits per heavy atom. The number of benzene rings is 1. The summed E-state index contributed by atoms with van der Waals surface area (Å²) in [5, 5.41) is 8.67. The van der Waals surface area contributed by atoms with Crippen LogP contribution in [0.25, 0.3) is 0 Å². The molecular weight excluding hydrogens is 308 g/mol. The van der Waals surface area contributed by atoms with Crippen molar-refractivity contribution >= 4 is 21.9 Å². The molecule has 0 saturated carbocycles. The maximum Gasteiger partial charge on any atom is 0.323 e. The zero-order valence-electron chi connectivity index (χ0n) is 12.2. The van der Waals surface area contributed by atoms with Gasteiger partial charge in [0.2, 0.25) is 10.0 Å². The van der Waals surface area contributed by atoms with Gasteiger partial charge in [-0.25, -0.2) is 8.42 Å². The number of hydrogen-bond acceptors (Lipinski definition) is 4. The van der Waals surface area contributed by atoms with Crippen molar-refractivity contribution in [3.8, 4) is 0 Å². The Labute approximate surface area is 129 Å². The Morgan fingerprint density at radius 1 is 1.18 bits per heavy atom. The average Bonchev–Trinajstić information content (AvgIpc) is 3.01. The molecular formula is C14H18N2O5S. The summed E-state index contributed by atoms with van der Waals surface area (Å²) in [6.45, 7) is 0.626. The number of aliphatic carboxylic acids is 1. The molecule has 0 atom stereocenters. The van der Waals surface area contributed by atoms with Crippen molar-refractivity contribution in [3.05, 3.63) is 29.8 Å². The number of hydrogen-bond donors (Lipinski definition) is 1. The monoisotopic (exact) mass is 326 g/mol. The third-order valence-corrected chi connectivity index (χ3v) is 5.44. The van der Waals surface area contributed by atoms with E-state index in [9.17, 15) is 18.0 Å². The zero-order chi connectivity index (χ0) is 16.3. The average molecular weight is 326 g/mol. The number of sulfonamides is 1. The molecule has 8 heteroatoms.